The zero-order chi connectivity index (χ0) is 10.0. The highest BCUT2D eigenvalue weighted by Gasteiger charge is 2.32. The van der Waals surface area contributed by atoms with Crippen molar-refractivity contribution in [3.63, 3.8) is 0 Å². The molecule has 0 saturated carbocycles. The molecule has 13 heavy (non-hydrogen) atoms. The Balaban J connectivity index is 2.76. The van der Waals surface area contributed by atoms with Crippen molar-refractivity contribution >= 4 is 23.6 Å². The van der Waals surface area contributed by atoms with Gasteiger partial charge in [0.05, 0.1) is 6.61 Å². The number of rotatable bonds is 2. The fourth-order valence-electron chi connectivity index (χ4n) is 1.02. The third kappa shape index (κ3) is 1.81. The summed E-state index contributed by atoms with van der Waals surface area (Å²) in [4.78, 5) is 23.6. The molecule has 1 N–H and O–H groups in total. The first kappa shape index (κ1) is 10.0. The van der Waals surface area contributed by atoms with Gasteiger partial charge in [-0.1, -0.05) is 6.58 Å². The zero-order valence-corrected chi connectivity index (χ0v) is 7.62. The second-order valence-corrected chi connectivity index (χ2v) is 2.91. The van der Waals surface area contributed by atoms with Gasteiger partial charge in [-0.3, -0.25) is 9.59 Å². The lowest BCUT2D eigenvalue weighted by Gasteiger charge is -2.30. The van der Waals surface area contributed by atoms with Crippen LogP contribution in [-0.4, -0.2) is 45.9 Å². The quantitative estimate of drug-likeness (QED) is 0.479. The van der Waals surface area contributed by atoms with Crippen molar-refractivity contribution in [3.05, 3.63) is 12.3 Å². The summed E-state index contributed by atoms with van der Waals surface area (Å²) >= 11 is 5.45. The molecule has 0 bridgehead atoms. The molecule has 0 radical (unpaired) electrons. The Bertz CT molecular complexity index is 266. The number of piperazine rings is 1. The summed E-state index contributed by atoms with van der Waals surface area (Å²) in [6.07, 6.45) is 0. The van der Waals surface area contributed by atoms with E-state index in [9.17, 15) is 9.59 Å². The maximum absolute atomic E-state index is 11.3. The third-order valence-corrected chi connectivity index (χ3v) is 2.08. The molecule has 1 heterocycles. The van der Waals surface area contributed by atoms with E-state index in [1.165, 1.54) is 4.90 Å². The first-order valence-electron chi connectivity index (χ1n) is 3.65. The van der Waals surface area contributed by atoms with Gasteiger partial charge in [-0.15, -0.1) is 0 Å². The van der Waals surface area contributed by atoms with Crippen molar-refractivity contribution in [2.75, 3.05) is 19.7 Å². The van der Waals surface area contributed by atoms with E-state index in [1.54, 1.807) is 0 Å². The SMILES string of the molecule is C=C1C(=O)N(CCO)CC(=O)N1Cl. The van der Waals surface area contributed by atoms with E-state index >= 15 is 0 Å². The second kappa shape index (κ2) is 3.76. The molecule has 1 aliphatic rings. The lowest BCUT2D eigenvalue weighted by molar-refractivity contribution is -0.142. The largest absolute Gasteiger partial charge is 0.395 e. The minimum atomic E-state index is -0.427. The lowest BCUT2D eigenvalue weighted by atomic mass is 10.3. The van der Waals surface area contributed by atoms with Gasteiger partial charge in [-0.05, 0) is 0 Å². The molecule has 0 aromatic rings. The van der Waals surface area contributed by atoms with E-state index < -0.39 is 11.8 Å². The van der Waals surface area contributed by atoms with E-state index in [0.29, 0.717) is 4.42 Å². The molecule has 1 aliphatic heterocycles. The molecule has 1 fully saturated rings. The summed E-state index contributed by atoms with van der Waals surface area (Å²) in [5.41, 5.74) is -0.0774. The predicted octanol–water partition coefficient (Wildman–Crippen LogP) is -0.683. The number of carbonyl (C=O) groups is 2. The Hall–Kier alpha value is -1.07. The van der Waals surface area contributed by atoms with Crippen LogP contribution in [0, 0.1) is 0 Å². The summed E-state index contributed by atoms with van der Waals surface area (Å²) in [6, 6.07) is 0. The molecule has 1 rings (SSSR count). The number of carbonyl (C=O) groups excluding carboxylic acids is 2. The van der Waals surface area contributed by atoms with Crippen molar-refractivity contribution < 1.29 is 14.7 Å². The number of aliphatic hydroxyl groups excluding tert-OH is 1. The van der Waals surface area contributed by atoms with Gasteiger partial charge in [-0.2, -0.15) is 0 Å². The predicted molar refractivity (Wildman–Crippen MR) is 45.5 cm³/mol. The Morgan fingerprint density at radius 3 is 2.69 bits per heavy atom. The summed E-state index contributed by atoms with van der Waals surface area (Å²) < 4.78 is 0.705. The molecular weight excluding hydrogens is 196 g/mol. The first-order chi connectivity index (χ1) is 6.07. The monoisotopic (exact) mass is 204 g/mol. The minimum Gasteiger partial charge on any atom is -0.395 e. The number of amides is 2. The van der Waals surface area contributed by atoms with E-state index in [1.807, 2.05) is 0 Å². The van der Waals surface area contributed by atoms with Gasteiger partial charge in [0.1, 0.15) is 12.2 Å². The summed E-state index contributed by atoms with van der Waals surface area (Å²) in [5.74, 6) is -0.844. The third-order valence-electron chi connectivity index (χ3n) is 1.69. The van der Waals surface area contributed by atoms with Crippen molar-refractivity contribution in [3.8, 4) is 0 Å². The van der Waals surface area contributed by atoms with Gasteiger partial charge in [0.15, 0.2) is 0 Å². The Kier molecular flexibility index (Phi) is 2.90. The summed E-state index contributed by atoms with van der Waals surface area (Å²) in [6.45, 7) is 3.18. The molecule has 0 atom stereocenters. The summed E-state index contributed by atoms with van der Waals surface area (Å²) in [5, 5.41) is 8.59. The molecule has 1 saturated heterocycles. The highest BCUT2D eigenvalue weighted by Crippen LogP contribution is 2.15. The van der Waals surface area contributed by atoms with Crippen LogP contribution in [0.1, 0.15) is 0 Å². The smallest absolute Gasteiger partial charge is 0.271 e. The van der Waals surface area contributed by atoms with Crippen LogP contribution >= 0.6 is 11.8 Å². The van der Waals surface area contributed by atoms with Crippen molar-refractivity contribution in [2.45, 2.75) is 0 Å². The van der Waals surface area contributed by atoms with Gasteiger partial charge in [-0.25, -0.2) is 4.42 Å². The van der Waals surface area contributed by atoms with Crippen LogP contribution in [0.15, 0.2) is 12.3 Å². The van der Waals surface area contributed by atoms with Crippen molar-refractivity contribution in [1.82, 2.24) is 9.32 Å². The van der Waals surface area contributed by atoms with Crippen LogP contribution in [0.5, 0.6) is 0 Å². The average Bonchev–Trinajstić information content (AvgIpc) is 2.11. The van der Waals surface area contributed by atoms with Crippen molar-refractivity contribution in [2.24, 2.45) is 0 Å². The average molecular weight is 205 g/mol. The number of nitrogens with zero attached hydrogens (tertiary/aromatic N) is 2. The number of hydrogen-bond acceptors (Lipinski definition) is 3. The van der Waals surface area contributed by atoms with Crippen LogP contribution < -0.4 is 0 Å². The fraction of sp³-hybridized carbons (Fsp3) is 0.429. The highest BCUT2D eigenvalue weighted by molar-refractivity contribution is 6.27. The molecule has 5 nitrogen and oxygen atoms in total. The van der Waals surface area contributed by atoms with E-state index in [-0.39, 0.29) is 25.4 Å². The number of halogens is 1. The van der Waals surface area contributed by atoms with Crippen molar-refractivity contribution in [1.29, 1.82) is 0 Å². The fourth-order valence-corrected chi connectivity index (χ4v) is 1.14. The van der Waals surface area contributed by atoms with Gasteiger partial charge >= 0.3 is 0 Å². The lowest BCUT2D eigenvalue weighted by Crippen LogP contribution is -2.49. The van der Waals surface area contributed by atoms with E-state index in [4.69, 9.17) is 16.9 Å². The van der Waals surface area contributed by atoms with Crippen LogP contribution in [0.2, 0.25) is 0 Å². The molecule has 0 aromatic heterocycles. The van der Waals surface area contributed by atoms with E-state index in [2.05, 4.69) is 6.58 Å². The highest BCUT2D eigenvalue weighted by atomic mass is 35.5. The first-order valence-corrected chi connectivity index (χ1v) is 3.99. The maximum atomic E-state index is 11.3. The van der Waals surface area contributed by atoms with Gasteiger partial charge in [0.2, 0.25) is 0 Å². The molecule has 6 heteroatoms. The normalized spacial score (nSPS) is 18.5. The van der Waals surface area contributed by atoms with Gasteiger partial charge < -0.3 is 10.0 Å². The Labute approximate surface area is 80.3 Å². The van der Waals surface area contributed by atoms with Crippen LogP contribution in [0.3, 0.4) is 0 Å². The Morgan fingerprint density at radius 1 is 1.54 bits per heavy atom. The summed E-state index contributed by atoms with van der Waals surface area (Å²) in [7, 11) is 0. The number of β-amino-alcohol motifs (C(OH)–C–C–N with tert-alkyl or cyclic N) is 1. The molecule has 0 unspecified atom stereocenters. The second-order valence-electron chi connectivity index (χ2n) is 2.57. The Morgan fingerprint density at radius 2 is 2.15 bits per heavy atom. The molecular formula is C7H9ClN2O3. The van der Waals surface area contributed by atoms with E-state index in [0.717, 1.165) is 0 Å². The standard InChI is InChI=1S/C7H9ClN2O3/c1-5-7(13)9(2-3-11)4-6(12)10(5)8/h11H,1-4H2. The van der Waals surface area contributed by atoms with Gasteiger partial charge in [0, 0.05) is 18.3 Å². The van der Waals surface area contributed by atoms with Gasteiger partial charge in [0.25, 0.3) is 11.8 Å². The van der Waals surface area contributed by atoms with Crippen LogP contribution in [-0.2, 0) is 9.59 Å². The molecule has 72 valence electrons. The zero-order valence-electron chi connectivity index (χ0n) is 6.86. The minimum absolute atomic E-state index is 0.0774. The van der Waals surface area contributed by atoms with Crippen LogP contribution in [0.4, 0.5) is 0 Å². The molecule has 0 aliphatic carbocycles. The molecule has 0 aromatic carbocycles. The molecule has 0 spiro atoms. The molecule has 2 amide bonds. The van der Waals surface area contributed by atoms with Crippen LogP contribution in [0.25, 0.3) is 0 Å². The maximum Gasteiger partial charge on any atom is 0.271 e. The number of aliphatic hydroxyl groups is 1. The topological polar surface area (TPSA) is 60.9 Å². The number of hydrogen-bond donors (Lipinski definition) is 1.